The number of hydrogen-bond donors (Lipinski definition) is 2. The molecule has 0 saturated heterocycles. The smallest absolute Gasteiger partial charge is 0.0580 e. The number of nitrogens with one attached hydrogen (secondary N) is 1. The van der Waals surface area contributed by atoms with Gasteiger partial charge in [-0.15, -0.1) is 0 Å². The lowest BCUT2D eigenvalue weighted by Crippen LogP contribution is -2.35. The Balaban J connectivity index is 1.90. The third-order valence-electron chi connectivity index (χ3n) is 4.54. The van der Waals surface area contributed by atoms with Crippen LogP contribution in [0.3, 0.4) is 0 Å². The molecule has 2 rings (SSSR count). The zero-order chi connectivity index (χ0) is 14.2. The van der Waals surface area contributed by atoms with Crippen molar-refractivity contribution in [1.82, 2.24) is 5.32 Å². The quantitative estimate of drug-likeness (QED) is 0.786. The van der Waals surface area contributed by atoms with Gasteiger partial charge in [-0.25, -0.2) is 0 Å². The van der Waals surface area contributed by atoms with Crippen LogP contribution in [0.4, 0.5) is 0 Å². The molecule has 1 aliphatic carbocycles. The molecular weight excluding hydrogens is 246 g/mol. The molecule has 3 atom stereocenters. The molecule has 0 radical (unpaired) electrons. The second kappa shape index (κ2) is 8.43. The van der Waals surface area contributed by atoms with Crippen molar-refractivity contribution in [2.24, 2.45) is 5.92 Å². The Bertz CT molecular complexity index is 365. The fraction of sp³-hybridized carbons (Fsp3) is 0.667. The fourth-order valence-corrected chi connectivity index (χ4v) is 3.20. The average Bonchev–Trinajstić information content (AvgIpc) is 2.50. The standard InChI is InChI=1S/C18H29NO/c1-2-3-12-17(15-9-5-4-6-10-15)19-14-16-11-7-8-13-18(16)20/h4-6,9-10,16-20H,2-3,7-8,11-14H2,1H3. The van der Waals surface area contributed by atoms with Gasteiger partial charge in [0.1, 0.15) is 0 Å². The predicted molar refractivity (Wildman–Crippen MR) is 84.7 cm³/mol. The fourth-order valence-electron chi connectivity index (χ4n) is 3.20. The first-order valence-electron chi connectivity index (χ1n) is 8.27. The summed E-state index contributed by atoms with van der Waals surface area (Å²) in [6.07, 6.45) is 8.18. The van der Waals surface area contributed by atoms with Crippen LogP contribution in [0.1, 0.15) is 63.5 Å². The maximum absolute atomic E-state index is 10.1. The molecular formula is C18H29NO. The lowest BCUT2D eigenvalue weighted by molar-refractivity contribution is 0.0678. The van der Waals surface area contributed by atoms with Gasteiger partial charge in [-0.05, 0) is 30.7 Å². The third-order valence-corrected chi connectivity index (χ3v) is 4.54. The van der Waals surface area contributed by atoms with Crippen molar-refractivity contribution in [2.45, 2.75) is 64.0 Å². The highest BCUT2D eigenvalue weighted by Gasteiger charge is 2.23. The lowest BCUT2D eigenvalue weighted by Gasteiger charge is -2.30. The van der Waals surface area contributed by atoms with E-state index in [9.17, 15) is 5.11 Å². The summed E-state index contributed by atoms with van der Waals surface area (Å²) in [7, 11) is 0. The van der Waals surface area contributed by atoms with Crippen LogP contribution in [0, 0.1) is 5.92 Å². The van der Waals surface area contributed by atoms with Crippen LogP contribution in [0.15, 0.2) is 30.3 Å². The summed E-state index contributed by atoms with van der Waals surface area (Å²) < 4.78 is 0. The molecule has 1 aromatic rings. The average molecular weight is 275 g/mol. The molecule has 3 unspecified atom stereocenters. The molecule has 1 saturated carbocycles. The molecule has 2 nitrogen and oxygen atoms in total. The van der Waals surface area contributed by atoms with Gasteiger partial charge in [-0.2, -0.15) is 0 Å². The van der Waals surface area contributed by atoms with Crippen LogP contribution in [0.2, 0.25) is 0 Å². The van der Waals surface area contributed by atoms with Crippen LogP contribution < -0.4 is 5.32 Å². The number of benzene rings is 1. The van der Waals surface area contributed by atoms with Crippen molar-refractivity contribution >= 4 is 0 Å². The second-order valence-electron chi connectivity index (χ2n) is 6.13. The molecule has 1 aromatic carbocycles. The minimum Gasteiger partial charge on any atom is -0.393 e. The van der Waals surface area contributed by atoms with Crippen molar-refractivity contribution in [1.29, 1.82) is 0 Å². The molecule has 0 bridgehead atoms. The Kier molecular flexibility index (Phi) is 6.55. The van der Waals surface area contributed by atoms with E-state index < -0.39 is 0 Å². The van der Waals surface area contributed by atoms with Gasteiger partial charge in [-0.1, -0.05) is 62.9 Å². The zero-order valence-electron chi connectivity index (χ0n) is 12.7. The number of rotatable bonds is 7. The van der Waals surface area contributed by atoms with E-state index in [1.807, 2.05) is 0 Å². The molecule has 20 heavy (non-hydrogen) atoms. The van der Waals surface area contributed by atoms with Gasteiger partial charge in [0, 0.05) is 12.6 Å². The first-order valence-corrected chi connectivity index (χ1v) is 8.27. The van der Waals surface area contributed by atoms with Crippen LogP contribution in [-0.4, -0.2) is 17.8 Å². The number of aliphatic hydroxyl groups is 1. The van der Waals surface area contributed by atoms with Crippen molar-refractivity contribution in [2.75, 3.05) is 6.54 Å². The van der Waals surface area contributed by atoms with Gasteiger partial charge in [0.15, 0.2) is 0 Å². The Morgan fingerprint density at radius 1 is 1.20 bits per heavy atom. The number of hydrogen-bond acceptors (Lipinski definition) is 2. The van der Waals surface area contributed by atoms with E-state index in [2.05, 4.69) is 42.6 Å². The monoisotopic (exact) mass is 275 g/mol. The number of unbranched alkanes of at least 4 members (excludes halogenated alkanes) is 1. The van der Waals surface area contributed by atoms with Crippen LogP contribution in [-0.2, 0) is 0 Å². The summed E-state index contributed by atoms with van der Waals surface area (Å²) in [5.41, 5.74) is 1.38. The molecule has 0 spiro atoms. The summed E-state index contributed by atoms with van der Waals surface area (Å²) in [6, 6.07) is 11.2. The van der Waals surface area contributed by atoms with Crippen LogP contribution in [0.5, 0.6) is 0 Å². The van der Waals surface area contributed by atoms with E-state index in [0.717, 1.165) is 13.0 Å². The normalized spacial score (nSPS) is 24.5. The summed E-state index contributed by atoms with van der Waals surface area (Å²) in [4.78, 5) is 0. The van der Waals surface area contributed by atoms with Crippen molar-refractivity contribution in [3.05, 3.63) is 35.9 Å². The minimum atomic E-state index is -0.0983. The molecule has 0 aromatic heterocycles. The maximum atomic E-state index is 10.1. The Morgan fingerprint density at radius 3 is 2.65 bits per heavy atom. The summed E-state index contributed by atoms with van der Waals surface area (Å²) >= 11 is 0. The van der Waals surface area contributed by atoms with Gasteiger partial charge in [-0.3, -0.25) is 0 Å². The largest absolute Gasteiger partial charge is 0.393 e. The summed E-state index contributed by atoms with van der Waals surface area (Å²) in [6.45, 7) is 3.19. The predicted octanol–water partition coefficient (Wildman–Crippen LogP) is 4.06. The maximum Gasteiger partial charge on any atom is 0.0580 e. The molecule has 0 aliphatic heterocycles. The highest BCUT2D eigenvalue weighted by Crippen LogP contribution is 2.25. The van der Waals surface area contributed by atoms with Gasteiger partial charge >= 0.3 is 0 Å². The third kappa shape index (κ3) is 4.60. The van der Waals surface area contributed by atoms with E-state index in [1.165, 1.54) is 44.1 Å². The van der Waals surface area contributed by atoms with Crippen molar-refractivity contribution < 1.29 is 5.11 Å². The molecule has 1 fully saturated rings. The van der Waals surface area contributed by atoms with Gasteiger partial charge in [0.05, 0.1) is 6.10 Å². The van der Waals surface area contributed by atoms with Crippen LogP contribution in [0.25, 0.3) is 0 Å². The molecule has 112 valence electrons. The van der Waals surface area contributed by atoms with E-state index >= 15 is 0 Å². The van der Waals surface area contributed by atoms with Gasteiger partial charge in [0.25, 0.3) is 0 Å². The summed E-state index contributed by atoms with van der Waals surface area (Å²) in [5, 5.41) is 13.8. The van der Waals surface area contributed by atoms with Crippen LogP contribution >= 0.6 is 0 Å². The van der Waals surface area contributed by atoms with E-state index in [0.29, 0.717) is 12.0 Å². The molecule has 1 aliphatic rings. The molecule has 0 amide bonds. The lowest BCUT2D eigenvalue weighted by atomic mass is 9.86. The van der Waals surface area contributed by atoms with E-state index in [-0.39, 0.29) is 6.10 Å². The highest BCUT2D eigenvalue weighted by molar-refractivity contribution is 5.18. The van der Waals surface area contributed by atoms with Crippen molar-refractivity contribution in [3.63, 3.8) is 0 Å². The Morgan fingerprint density at radius 2 is 1.95 bits per heavy atom. The first-order chi connectivity index (χ1) is 9.81. The number of aliphatic hydroxyl groups excluding tert-OH is 1. The first kappa shape index (κ1) is 15.5. The SMILES string of the molecule is CCCCC(NCC1CCCCC1O)c1ccccc1. The summed E-state index contributed by atoms with van der Waals surface area (Å²) in [5.74, 6) is 0.441. The highest BCUT2D eigenvalue weighted by atomic mass is 16.3. The Labute approximate surface area is 123 Å². The molecule has 2 N–H and O–H groups in total. The topological polar surface area (TPSA) is 32.3 Å². The van der Waals surface area contributed by atoms with Crippen molar-refractivity contribution in [3.8, 4) is 0 Å². The zero-order valence-corrected chi connectivity index (χ0v) is 12.7. The van der Waals surface area contributed by atoms with Gasteiger partial charge in [0.2, 0.25) is 0 Å². The minimum absolute atomic E-state index is 0.0983. The van der Waals surface area contributed by atoms with Gasteiger partial charge < -0.3 is 10.4 Å². The molecule has 2 heteroatoms. The second-order valence-corrected chi connectivity index (χ2v) is 6.13. The molecule has 0 heterocycles. The van der Waals surface area contributed by atoms with E-state index in [1.54, 1.807) is 0 Å². The Hall–Kier alpha value is -0.860. The van der Waals surface area contributed by atoms with E-state index in [4.69, 9.17) is 0 Å².